The summed E-state index contributed by atoms with van der Waals surface area (Å²) in [4.78, 5) is 0. The molecule has 0 saturated heterocycles. The zero-order valence-electron chi connectivity index (χ0n) is 8.27. The molecule has 1 rings (SSSR count). The van der Waals surface area contributed by atoms with Crippen LogP contribution >= 0.6 is 11.6 Å². The predicted molar refractivity (Wildman–Crippen MR) is 55.7 cm³/mol. The number of hydrogen-bond acceptors (Lipinski definition) is 2. The molecular formula is C10H12ClF2NO. The quantitative estimate of drug-likeness (QED) is 0.870. The van der Waals surface area contributed by atoms with Crippen molar-refractivity contribution in [3.63, 3.8) is 0 Å². The standard InChI is InChI=1S/C10H12ClF2NO/c1-15-8-3-2-7(9(11)4-8)5-10(12,13)6-14/h2-4H,5-6,14H2,1H3. The summed E-state index contributed by atoms with van der Waals surface area (Å²) in [5.41, 5.74) is 5.31. The van der Waals surface area contributed by atoms with Crippen LogP contribution in [0, 0.1) is 0 Å². The third-order valence-electron chi connectivity index (χ3n) is 2.01. The van der Waals surface area contributed by atoms with E-state index in [1.165, 1.54) is 19.2 Å². The highest BCUT2D eigenvalue weighted by molar-refractivity contribution is 6.31. The number of nitrogens with two attached hydrogens (primary N) is 1. The van der Waals surface area contributed by atoms with Crippen LogP contribution in [0.3, 0.4) is 0 Å². The van der Waals surface area contributed by atoms with E-state index in [-0.39, 0.29) is 5.02 Å². The third kappa shape index (κ3) is 3.32. The van der Waals surface area contributed by atoms with Gasteiger partial charge in [0.1, 0.15) is 5.75 Å². The fourth-order valence-electron chi connectivity index (χ4n) is 1.15. The second-order valence-corrected chi connectivity index (χ2v) is 3.60. The second kappa shape index (κ2) is 4.77. The van der Waals surface area contributed by atoms with Gasteiger partial charge in [-0.05, 0) is 17.7 Å². The van der Waals surface area contributed by atoms with Crippen LogP contribution in [0.4, 0.5) is 8.78 Å². The SMILES string of the molecule is COc1ccc(CC(F)(F)CN)c(Cl)c1. The molecule has 0 radical (unpaired) electrons. The highest BCUT2D eigenvalue weighted by atomic mass is 35.5. The van der Waals surface area contributed by atoms with Gasteiger partial charge in [0.05, 0.1) is 13.7 Å². The maximum Gasteiger partial charge on any atom is 0.264 e. The Kier molecular flexibility index (Phi) is 3.88. The molecule has 0 aliphatic carbocycles. The number of rotatable bonds is 4. The second-order valence-electron chi connectivity index (χ2n) is 3.19. The zero-order chi connectivity index (χ0) is 11.5. The molecule has 0 amide bonds. The van der Waals surface area contributed by atoms with Crippen molar-refractivity contribution in [1.82, 2.24) is 0 Å². The molecule has 0 atom stereocenters. The maximum atomic E-state index is 13.0. The maximum absolute atomic E-state index is 13.0. The molecule has 0 aliphatic rings. The van der Waals surface area contributed by atoms with Crippen LogP contribution in [0.5, 0.6) is 5.75 Å². The summed E-state index contributed by atoms with van der Waals surface area (Å²) < 4.78 is 30.9. The number of alkyl halides is 2. The van der Waals surface area contributed by atoms with Gasteiger partial charge < -0.3 is 10.5 Å². The molecule has 84 valence electrons. The van der Waals surface area contributed by atoms with E-state index in [0.717, 1.165) is 0 Å². The van der Waals surface area contributed by atoms with E-state index < -0.39 is 18.9 Å². The monoisotopic (exact) mass is 235 g/mol. The van der Waals surface area contributed by atoms with Crippen molar-refractivity contribution in [3.05, 3.63) is 28.8 Å². The van der Waals surface area contributed by atoms with E-state index in [1.807, 2.05) is 0 Å². The molecule has 15 heavy (non-hydrogen) atoms. The average Bonchev–Trinajstić information content (AvgIpc) is 2.21. The van der Waals surface area contributed by atoms with Gasteiger partial charge in [-0.2, -0.15) is 0 Å². The Bertz CT molecular complexity index is 344. The van der Waals surface area contributed by atoms with Gasteiger partial charge in [-0.25, -0.2) is 8.78 Å². The van der Waals surface area contributed by atoms with Crippen LogP contribution in [0.15, 0.2) is 18.2 Å². The van der Waals surface area contributed by atoms with Crippen LogP contribution in [0.25, 0.3) is 0 Å². The van der Waals surface area contributed by atoms with Crippen LogP contribution < -0.4 is 10.5 Å². The van der Waals surface area contributed by atoms with E-state index in [0.29, 0.717) is 11.3 Å². The molecule has 5 heteroatoms. The fraction of sp³-hybridized carbons (Fsp3) is 0.400. The molecule has 0 saturated carbocycles. The summed E-state index contributed by atoms with van der Waals surface area (Å²) >= 11 is 5.82. The molecule has 0 aliphatic heterocycles. The number of ether oxygens (including phenoxy) is 1. The molecule has 0 heterocycles. The lowest BCUT2D eigenvalue weighted by molar-refractivity contribution is 0.0115. The first-order chi connectivity index (χ1) is 6.98. The summed E-state index contributed by atoms with van der Waals surface area (Å²) in [6.45, 7) is -0.685. The number of halogens is 3. The third-order valence-corrected chi connectivity index (χ3v) is 2.36. The van der Waals surface area contributed by atoms with Gasteiger partial charge in [0, 0.05) is 11.4 Å². The van der Waals surface area contributed by atoms with Crippen LogP contribution in [-0.4, -0.2) is 19.6 Å². The van der Waals surface area contributed by atoms with E-state index in [4.69, 9.17) is 22.1 Å². The molecule has 1 aromatic rings. The molecule has 2 nitrogen and oxygen atoms in total. The normalized spacial score (nSPS) is 11.5. The smallest absolute Gasteiger partial charge is 0.264 e. The Morgan fingerprint density at radius 3 is 2.60 bits per heavy atom. The number of methoxy groups -OCH3 is 1. The van der Waals surface area contributed by atoms with E-state index in [9.17, 15) is 8.78 Å². The molecule has 0 spiro atoms. The van der Waals surface area contributed by atoms with Crippen LogP contribution in [0.2, 0.25) is 5.02 Å². The van der Waals surface area contributed by atoms with Crippen molar-refractivity contribution in [2.24, 2.45) is 5.73 Å². The molecule has 2 N–H and O–H groups in total. The van der Waals surface area contributed by atoms with Crippen molar-refractivity contribution in [2.75, 3.05) is 13.7 Å². The largest absolute Gasteiger partial charge is 0.497 e. The predicted octanol–water partition coefficient (Wildman–Crippen LogP) is 2.49. The first kappa shape index (κ1) is 12.2. The number of benzene rings is 1. The number of hydrogen-bond donors (Lipinski definition) is 1. The van der Waals surface area contributed by atoms with E-state index in [2.05, 4.69) is 0 Å². The van der Waals surface area contributed by atoms with Crippen LogP contribution in [0.1, 0.15) is 5.56 Å². The highest BCUT2D eigenvalue weighted by Crippen LogP contribution is 2.27. The molecule has 0 fully saturated rings. The van der Waals surface area contributed by atoms with Crippen molar-refractivity contribution < 1.29 is 13.5 Å². The lowest BCUT2D eigenvalue weighted by Crippen LogP contribution is -2.30. The fourth-order valence-corrected chi connectivity index (χ4v) is 1.39. The zero-order valence-corrected chi connectivity index (χ0v) is 9.02. The Hall–Kier alpha value is -0.870. The van der Waals surface area contributed by atoms with Gasteiger partial charge in [0.25, 0.3) is 5.92 Å². The van der Waals surface area contributed by atoms with Crippen molar-refractivity contribution in [1.29, 1.82) is 0 Å². The summed E-state index contributed by atoms with van der Waals surface area (Å²) in [7, 11) is 1.49. The summed E-state index contributed by atoms with van der Waals surface area (Å²) in [6.07, 6.45) is -0.452. The lowest BCUT2D eigenvalue weighted by atomic mass is 10.1. The Morgan fingerprint density at radius 2 is 2.13 bits per heavy atom. The Morgan fingerprint density at radius 1 is 1.47 bits per heavy atom. The first-order valence-corrected chi connectivity index (χ1v) is 4.76. The summed E-state index contributed by atoms with van der Waals surface area (Å²) in [5.74, 6) is -2.38. The minimum Gasteiger partial charge on any atom is -0.497 e. The van der Waals surface area contributed by atoms with E-state index in [1.54, 1.807) is 6.07 Å². The molecule has 0 unspecified atom stereocenters. The van der Waals surface area contributed by atoms with Gasteiger partial charge in [-0.15, -0.1) is 0 Å². The topological polar surface area (TPSA) is 35.2 Å². The van der Waals surface area contributed by atoms with E-state index >= 15 is 0 Å². The van der Waals surface area contributed by atoms with Crippen molar-refractivity contribution in [2.45, 2.75) is 12.3 Å². The van der Waals surface area contributed by atoms with Crippen molar-refractivity contribution in [3.8, 4) is 5.75 Å². The van der Waals surface area contributed by atoms with Gasteiger partial charge in [-0.3, -0.25) is 0 Å². The molecule has 0 aromatic heterocycles. The lowest BCUT2D eigenvalue weighted by Gasteiger charge is -2.14. The van der Waals surface area contributed by atoms with Gasteiger partial charge in [0.2, 0.25) is 0 Å². The first-order valence-electron chi connectivity index (χ1n) is 4.39. The minimum absolute atomic E-state index is 0.266. The molecule has 0 bridgehead atoms. The van der Waals surface area contributed by atoms with Crippen LogP contribution in [-0.2, 0) is 6.42 Å². The van der Waals surface area contributed by atoms with Gasteiger partial charge in [0.15, 0.2) is 0 Å². The van der Waals surface area contributed by atoms with Gasteiger partial charge >= 0.3 is 0 Å². The Balaban J connectivity index is 2.87. The van der Waals surface area contributed by atoms with Crippen molar-refractivity contribution >= 4 is 11.6 Å². The average molecular weight is 236 g/mol. The molecule has 1 aromatic carbocycles. The summed E-state index contributed by atoms with van der Waals surface area (Å²) in [5, 5.41) is 0.266. The van der Waals surface area contributed by atoms with Gasteiger partial charge in [-0.1, -0.05) is 17.7 Å². The highest BCUT2D eigenvalue weighted by Gasteiger charge is 2.28. The summed E-state index contributed by atoms with van der Waals surface area (Å²) in [6, 6.07) is 4.61. The minimum atomic E-state index is -2.92. The molecular weight excluding hydrogens is 224 g/mol. The Labute approximate surface area is 92.0 Å².